The molecule has 17 heteroatoms. The van der Waals surface area contributed by atoms with E-state index in [0.717, 1.165) is 6.07 Å². The van der Waals surface area contributed by atoms with Gasteiger partial charge >= 0.3 is 74.8 Å². The summed E-state index contributed by atoms with van der Waals surface area (Å²) in [5, 5.41) is 0. The van der Waals surface area contributed by atoms with E-state index in [1.165, 1.54) is 45.6 Å². The summed E-state index contributed by atoms with van der Waals surface area (Å²) in [7, 11) is -6.31. The monoisotopic (exact) mass is 552 g/mol. The minimum atomic E-state index is -5.33. The second-order valence-corrected chi connectivity index (χ2v) is 7.83. The summed E-state index contributed by atoms with van der Waals surface area (Å²) < 4.78 is 46.8. The van der Waals surface area contributed by atoms with E-state index in [0.29, 0.717) is 22.8 Å². The van der Waals surface area contributed by atoms with Crippen LogP contribution in [0.25, 0.3) is 12.2 Å². The van der Waals surface area contributed by atoms with Gasteiger partial charge in [-0.3, -0.25) is 9.13 Å². The molecule has 2 atom stereocenters. The Morgan fingerprint density at radius 2 is 1.26 bits per heavy atom. The fourth-order valence-electron chi connectivity index (χ4n) is 2.46. The van der Waals surface area contributed by atoms with E-state index in [1.807, 2.05) is 0 Å². The average molecular weight is 552 g/mol. The first-order valence-corrected chi connectivity index (χ1v) is 11.0. The zero-order chi connectivity index (χ0) is 22.5. The van der Waals surface area contributed by atoms with Gasteiger partial charge in [-0.1, -0.05) is 24.3 Å². The maximum atomic E-state index is 11.2. The molecule has 2 aromatic carbocycles. The van der Waals surface area contributed by atoms with Crippen molar-refractivity contribution >= 4 is 86.9 Å². The van der Waals surface area contributed by atoms with Gasteiger partial charge in [0.1, 0.15) is 0 Å². The number of hydrogen-bond donors (Lipinski definition) is 2. The Balaban J connectivity index is -0.00000240. The largest absolute Gasteiger partial charge is 1.00 e. The van der Waals surface area contributed by atoms with Crippen molar-refractivity contribution in [1.29, 1.82) is 0 Å². The molecule has 0 amide bonds. The van der Waals surface area contributed by atoms with Crippen molar-refractivity contribution in [3.63, 3.8) is 0 Å². The van der Waals surface area contributed by atoms with Gasteiger partial charge < -0.3 is 42.8 Å². The molecule has 0 aliphatic rings. The summed E-state index contributed by atoms with van der Waals surface area (Å²) in [6, 6.07) is 6.91. The SMILES string of the molecule is COc1cc(/C=C\c2cccc(OP(=O)([O-])O)c2OP(=O)([O-])O)cc(OC)c1OC.[Na+].[Na+].[Na].[Na]. The molecule has 2 radical (unpaired) electrons. The first-order valence-electron chi connectivity index (χ1n) is 8.05. The molecular formula is C17H18Na4O11P2. The van der Waals surface area contributed by atoms with E-state index in [9.17, 15) is 18.9 Å². The molecule has 0 bridgehead atoms. The maximum Gasteiger partial charge on any atom is 1.00 e. The van der Waals surface area contributed by atoms with Crippen LogP contribution < -0.4 is 92.2 Å². The normalized spacial score (nSPS) is 13.4. The Bertz CT molecular complexity index is 1020. The van der Waals surface area contributed by atoms with E-state index in [-0.39, 0.29) is 124 Å². The Hall–Kier alpha value is 1.48. The van der Waals surface area contributed by atoms with Crippen molar-refractivity contribution in [1.82, 2.24) is 0 Å². The van der Waals surface area contributed by atoms with Crippen LogP contribution in [0.4, 0.5) is 0 Å². The summed E-state index contributed by atoms with van der Waals surface area (Å²) in [6.45, 7) is 0. The van der Waals surface area contributed by atoms with Gasteiger partial charge in [0.05, 0.1) is 21.3 Å². The van der Waals surface area contributed by atoms with Crippen LogP contribution >= 0.6 is 15.6 Å². The van der Waals surface area contributed by atoms with Crippen LogP contribution in [0.15, 0.2) is 30.3 Å². The summed E-state index contributed by atoms with van der Waals surface area (Å²) in [5.74, 6) is -0.215. The van der Waals surface area contributed by atoms with Gasteiger partial charge in [0, 0.05) is 64.7 Å². The van der Waals surface area contributed by atoms with Crippen molar-refractivity contribution < 1.29 is 111 Å². The summed E-state index contributed by atoms with van der Waals surface area (Å²) in [4.78, 5) is 40.2. The second-order valence-electron chi connectivity index (χ2n) is 5.59. The predicted molar refractivity (Wildman–Crippen MR) is 114 cm³/mol. The molecule has 2 aromatic rings. The maximum absolute atomic E-state index is 11.2. The second kappa shape index (κ2) is 17.9. The number of methoxy groups -OCH3 is 3. The first kappa shape index (κ1) is 40.0. The number of para-hydroxylation sites is 1. The molecule has 0 aromatic heterocycles. The third-order valence-corrected chi connectivity index (χ3v) is 4.41. The number of phosphoric ester groups is 2. The molecule has 2 rings (SSSR count). The van der Waals surface area contributed by atoms with Gasteiger partial charge in [-0.25, -0.2) is 0 Å². The minimum absolute atomic E-state index is 0. The van der Waals surface area contributed by atoms with Gasteiger partial charge in [0.15, 0.2) is 23.0 Å². The summed E-state index contributed by atoms with van der Waals surface area (Å²) in [5.41, 5.74) is 0.549. The molecule has 0 fully saturated rings. The smallest absolute Gasteiger partial charge is 0.746 e. The van der Waals surface area contributed by atoms with E-state index >= 15 is 0 Å². The van der Waals surface area contributed by atoms with E-state index < -0.39 is 27.1 Å². The van der Waals surface area contributed by atoms with Gasteiger partial charge in [0.2, 0.25) is 5.75 Å². The van der Waals surface area contributed by atoms with Crippen LogP contribution in [0.5, 0.6) is 28.7 Å². The molecule has 2 N–H and O–H groups in total. The molecule has 166 valence electrons. The van der Waals surface area contributed by atoms with Crippen molar-refractivity contribution in [3.05, 3.63) is 41.5 Å². The number of rotatable bonds is 9. The Morgan fingerprint density at radius 3 is 1.68 bits per heavy atom. The van der Waals surface area contributed by atoms with Crippen LogP contribution in [-0.2, 0) is 9.13 Å². The topological polar surface area (TPSA) is 167 Å². The Kier molecular flexibility index (Phi) is 21.0. The van der Waals surface area contributed by atoms with Crippen LogP contribution in [-0.4, -0.2) is 90.2 Å². The fraction of sp³-hybridized carbons (Fsp3) is 0.176. The molecule has 0 saturated heterocycles. The molecular weight excluding hydrogens is 534 g/mol. The quantitative estimate of drug-likeness (QED) is 0.174. The molecule has 0 heterocycles. The van der Waals surface area contributed by atoms with Gasteiger partial charge in [0.25, 0.3) is 0 Å². The first-order chi connectivity index (χ1) is 14.0. The van der Waals surface area contributed by atoms with Gasteiger partial charge in [-0.15, -0.1) is 0 Å². The van der Waals surface area contributed by atoms with E-state index in [1.54, 1.807) is 12.1 Å². The fourth-order valence-corrected chi connectivity index (χ4v) is 3.28. The van der Waals surface area contributed by atoms with Crippen molar-refractivity contribution in [3.8, 4) is 28.7 Å². The van der Waals surface area contributed by atoms with Crippen LogP contribution in [0.1, 0.15) is 11.1 Å². The third kappa shape index (κ3) is 12.8. The predicted octanol–water partition coefficient (Wildman–Crippen LogP) is -5.19. The summed E-state index contributed by atoms with van der Waals surface area (Å²) in [6.07, 6.45) is 2.85. The van der Waals surface area contributed by atoms with Gasteiger partial charge in [-0.05, 0) is 23.8 Å². The zero-order valence-corrected chi connectivity index (χ0v) is 29.8. The Morgan fingerprint density at radius 1 is 0.765 bits per heavy atom. The number of ether oxygens (including phenoxy) is 3. The van der Waals surface area contributed by atoms with Crippen molar-refractivity contribution in [2.45, 2.75) is 0 Å². The Labute approximate surface area is 285 Å². The average Bonchev–Trinajstić information content (AvgIpc) is 2.65. The third-order valence-electron chi connectivity index (χ3n) is 3.57. The summed E-state index contributed by atoms with van der Waals surface area (Å²) >= 11 is 0. The van der Waals surface area contributed by atoms with Crippen LogP contribution in [0.2, 0.25) is 0 Å². The molecule has 2 unspecified atom stereocenters. The van der Waals surface area contributed by atoms with Crippen molar-refractivity contribution in [2.75, 3.05) is 21.3 Å². The molecule has 34 heavy (non-hydrogen) atoms. The van der Waals surface area contributed by atoms with Crippen LogP contribution in [0, 0.1) is 0 Å². The zero-order valence-electron chi connectivity index (χ0n) is 20.0. The van der Waals surface area contributed by atoms with Crippen LogP contribution in [0.3, 0.4) is 0 Å². The molecule has 11 nitrogen and oxygen atoms in total. The molecule has 0 aliphatic carbocycles. The molecule has 0 aliphatic heterocycles. The number of phosphoric acid groups is 2. The minimum Gasteiger partial charge on any atom is -0.746 e. The van der Waals surface area contributed by atoms with Gasteiger partial charge in [-0.2, -0.15) is 0 Å². The van der Waals surface area contributed by atoms with E-state index in [2.05, 4.69) is 9.05 Å². The van der Waals surface area contributed by atoms with Crippen molar-refractivity contribution in [2.24, 2.45) is 0 Å². The number of hydrogen-bond acceptors (Lipinski definition) is 9. The van der Waals surface area contributed by atoms with E-state index in [4.69, 9.17) is 24.0 Å². The molecule has 0 spiro atoms. The standard InChI is InChI=1S/C17H20O11P2.4Na/c1-24-14-9-11(10-15(25-2)17(14)26-3)7-8-12-5-4-6-13(27-29(18,19)20)16(12)28-30(21,22)23;;;;/h4-10H,1-3H3,(H2,18,19,20)(H2,21,22,23);;;;/q;;;2*+1/p-2/b8-7-;;;;. The number of benzene rings is 2. The molecule has 0 saturated carbocycles.